The fourth-order valence-corrected chi connectivity index (χ4v) is 3.19. The van der Waals surface area contributed by atoms with E-state index in [-0.39, 0.29) is 5.82 Å². The number of imidazole rings is 1. The third-order valence-corrected chi connectivity index (χ3v) is 4.35. The van der Waals surface area contributed by atoms with Crippen LogP contribution in [0.4, 0.5) is 10.1 Å². The molecule has 3 rings (SSSR count). The maximum atomic E-state index is 13.5. The van der Waals surface area contributed by atoms with Gasteiger partial charge < -0.3 is 5.32 Å². The molecule has 0 saturated carbocycles. The Kier molecular flexibility index (Phi) is 3.22. The Morgan fingerprint density at radius 1 is 1.30 bits per heavy atom. The molecule has 5 heteroatoms. The Bertz CT molecular complexity index is 773. The molecule has 0 aliphatic heterocycles. The van der Waals surface area contributed by atoms with Gasteiger partial charge in [-0.05, 0) is 32.9 Å². The van der Waals surface area contributed by atoms with E-state index in [2.05, 4.69) is 27.8 Å². The molecular formula is C15H16FN3S. The number of rotatable bonds is 3. The van der Waals surface area contributed by atoms with Gasteiger partial charge in [-0.3, -0.25) is 4.40 Å². The molecule has 3 nitrogen and oxygen atoms in total. The summed E-state index contributed by atoms with van der Waals surface area (Å²) in [4.78, 5) is 6.79. The van der Waals surface area contributed by atoms with Gasteiger partial charge >= 0.3 is 0 Å². The van der Waals surface area contributed by atoms with Crippen LogP contribution in [-0.4, -0.2) is 9.38 Å². The lowest BCUT2D eigenvalue weighted by atomic mass is 10.2. The number of nitrogens with zero attached hydrogens (tertiary/aromatic N) is 2. The van der Waals surface area contributed by atoms with E-state index < -0.39 is 0 Å². The Labute approximate surface area is 121 Å². The second-order valence-electron chi connectivity index (χ2n) is 4.90. The summed E-state index contributed by atoms with van der Waals surface area (Å²) in [6.45, 7) is 6.49. The molecule has 0 aliphatic rings. The maximum Gasteiger partial charge on any atom is 0.194 e. The van der Waals surface area contributed by atoms with Crippen LogP contribution in [0.1, 0.15) is 21.8 Å². The molecule has 0 bridgehead atoms. The van der Waals surface area contributed by atoms with Crippen LogP contribution in [0, 0.1) is 26.6 Å². The summed E-state index contributed by atoms with van der Waals surface area (Å²) in [5.74, 6) is -0.184. The van der Waals surface area contributed by atoms with Crippen LogP contribution < -0.4 is 5.32 Å². The molecule has 0 amide bonds. The molecule has 0 saturated heterocycles. The van der Waals surface area contributed by atoms with Gasteiger partial charge in [0.25, 0.3) is 0 Å². The first-order valence-electron chi connectivity index (χ1n) is 6.49. The normalized spacial score (nSPS) is 11.2. The molecule has 2 heterocycles. The molecule has 0 unspecified atom stereocenters. The zero-order valence-corrected chi connectivity index (χ0v) is 12.5. The highest BCUT2D eigenvalue weighted by Crippen LogP contribution is 2.23. The molecule has 104 valence electrons. The highest BCUT2D eigenvalue weighted by atomic mass is 32.1. The lowest BCUT2D eigenvalue weighted by Crippen LogP contribution is -2.05. The molecule has 20 heavy (non-hydrogen) atoms. The van der Waals surface area contributed by atoms with Crippen molar-refractivity contribution in [2.45, 2.75) is 27.3 Å². The molecule has 3 aromatic rings. The number of aromatic nitrogens is 2. The van der Waals surface area contributed by atoms with Gasteiger partial charge in [0.05, 0.1) is 17.9 Å². The summed E-state index contributed by atoms with van der Waals surface area (Å²) >= 11 is 1.68. The standard InChI is InChI=1S/C15H16FN3S/c1-9-8-19-14(11(3)18-15(19)20-9)7-17-13-6-4-5-12(16)10(13)2/h4-6,8,17H,7H2,1-3H3. The zero-order valence-electron chi connectivity index (χ0n) is 11.7. The summed E-state index contributed by atoms with van der Waals surface area (Å²) in [5, 5.41) is 3.30. The van der Waals surface area contributed by atoms with E-state index in [9.17, 15) is 4.39 Å². The number of hydrogen-bond donors (Lipinski definition) is 1. The van der Waals surface area contributed by atoms with Crippen LogP contribution in [0.15, 0.2) is 24.4 Å². The largest absolute Gasteiger partial charge is 0.379 e. The van der Waals surface area contributed by atoms with Crippen molar-refractivity contribution < 1.29 is 4.39 Å². The molecule has 0 radical (unpaired) electrons. The molecule has 2 aromatic heterocycles. The van der Waals surface area contributed by atoms with Gasteiger partial charge in [0, 0.05) is 22.3 Å². The van der Waals surface area contributed by atoms with Crippen molar-refractivity contribution >= 4 is 22.0 Å². The lowest BCUT2D eigenvalue weighted by Gasteiger charge is -2.10. The van der Waals surface area contributed by atoms with Gasteiger partial charge in [-0.15, -0.1) is 11.3 Å². The first kappa shape index (κ1) is 13.1. The number of anilines is 1. The number of aryl methyl sites for hydroxylation is 2. The Hall–Kier alpha value is -1.88. The highest BCUT2D eigenvalue weighted by molar-refractivity contribution is 7.17. The van der Waals surface area contributed by atoms with Gasteiger partial charge in [0.15, 0.2) is 4.96 Å². The van der Waals surface area contributed by atoms with Crippen molar-refractivity contribution in [1.29, 1.82) is 0 Å². The first-order valence-corrected chi connectivity index (χ1v) is 7.31. The topological polar surface area (TPSA) is 29.3 Å². The Morgan fingerprint density at radius 3 is 2.90 bits per heavy atom. The number of nitrogens with one attached hydrogen (secondary N) is 1. The van der Waals surface area contributed by atoms with Gasteiger partial charge in [-0.1, -0.05) is 6.07 Å². The molecule has 0 fully saturated rings. The van der Waals surface area contributed by atoms with Crippen LogP contribution >= 0.6 is 11.3 Å². The predicted octanol–water partition coefficient (Wildman–Crippen LogP) is 4.07. The third-order valence-electron chi connectivity index (χ3n) is 3.46. The van der Waals surface area contributed by atoms with Crippen LogP contribution in [0.25, 0.3) is 4.96 Å². The van der Waals surface area contributed by atoms with Gasteiger partial charge in [-0.25, -0.2) is 9.37 Å². The molecule has 1 aromatic carbocycles. The summed E-state index contributed by atoms with van der Waals surface area (Å²) in [5.41, 5.74) is 3.60. The van der Waals surface area contributed by atoms with E-state index >= 15 is 0 Å². The highest BCUT2D eigenvalue weighted by Gasteiger charge is 2.11. The number of benzene rings is 1. The van der Waals surface area contributed by atoms with Gasteiger partial charge in [0.2, 0.25) is 0 Å². The van der Waals surface area contributed by atoms with Crippen molar-refractivity contribution in [3.63, 3.8) is 0 Å². The van der Waals surface area contributed by atoms with Crippen molar-refractivity contribution in [3.05, 3.63) is 52.0 Å². The van der Waals surface area contributed by atoms with E-state index in [4.69, 9.17) is 0 Å². The van der Waals surface area contributed by atoms with Crippen LogP contribution in [-0.2, 0) is 6.54 Å². The molecular weight excluding hydrogens is 273 g/mol. The molecule has 0 atom stereocenters. The van der Waals surface area contributed by atoms with Crippen LogP contribution in [0.3, 0.4) is 0 Å². The average molecular weight is 289 g/mol. The summed E-state index contributed by atoms with van der Waals surface area (Å²) < 4.78 is 15.6. The Balaban J connectivity index is 1.90. The van der Waals surface area contributed by atoms with Gasteiger partial charge in [0.1, 0.15) is 5.82 Å². The minimum absolute atomic E-state index is 0.184. The first-order chi connectivity index (χ1) is 9.56. The van der Waals surface area contributed by atoms with E-state index in [1.807, 2.05) is 13.0 Å². The van der Waals surface area contributed by atoms with E-state index in [0.29, 0.717) is 12.1 Å². The number of halogens is 1. The molecule has 0 aliphatic carbocycles. The minimum atomic E-state index is -0.184. The van der Waals surface area contributed by atoms with E-state index in [0.717, 1.165) is 22.0 Å². The quantitative estimate of drug-likeness (QED) is 0.787. The van der Waals surface area contributed by atoms with E-state index in [1.54, 1.807) is 24.3 Å². The smallest absolute Gasteiger partial charge is 0.194 e. The number of fused-ring (bicyclic) bond motifs is 1. The predicted molar refractivity (Wildman–Crippen MR) is 81.0 cm³/mol. The Morgan fingerprint density at radius 2 is 2.10 bits per heavy atom. The minimum Gasteiger partial charge on any atom is -0.379 e. The van der Waals surface area contributed by atoms with Crippen molar-refractivity contribution in [1.82, 2.24) is 9.38 Å². The number of thiazole rings is 1. The van der Waals surface area contributed by atoms with Crippen molar-refractivity contribution in [2.75, 3.05) is 5.32 Å². The zero-order chi connectivity index (χ0) is 14.3. The van der Waals surface area contributed by atoms with Crippen molar-refractivity contribution in [3.8, 4) is 0 Å². The van der Waals surface area contributed by atoms with Crippen molar-refractivity contribution in [2.24, 2.45) is 0 Å². The lowest BCUT2D eigenvalue weighted by molar-refractivity contribution is 0.619. The number of hydrogen-bond acceptors (Lipinski definition) is 3. The monoisotopic (exact) mass is 289 g/mol. The second-order valence-corrected chi connectivity index (χ2v) is 6.12. The molecule has 0 spiro atoms. The van der Waals surface area contributed by atoms with Crippen LogP contribution in [0.5, 0.6) is 0 Å². The maximum absolute atomic E-state index is 13.5. The average Bonchev–Trinajstić information content (AvgIpc) is 2.87. The third kappa shape index (κ3) is 2.18. The fraction of sp³-hybridized carbons (Fsp3) is 0.267. The fourth-order valence-electron chi connectivity index (χ4n) is 2.30. The SMILES string of the molecule is Cc1cn2c(CNc3cccc(F)c3C)c(C)nc2s1. The second kappa shape index (κ2) is 4.90. The summed E-state index contributed by atoms with van der Waals surface area (Å²) in [7, 11) is 0. The van der Waals surface area contributed by atoms with Crippen LogP contribution in [0.2, 0.25) is 0 Å². The molecule has 1 N–H and O–H groups in total. The summed E-state index contributed by atoms with van der Waals surface area (Å²) in [6, 6.07) is 5.09. The van der Waals surface area contributed by atoms with Gasteiger partial charge in [-0.2, -0.15) is 0 Å². The summed E-state index contributed by atoms with van der Waals surface area (Å²) in [6.07, 6.45) is 2.09. The van der Waals surface area contributed by atoms with E-state index in [1.165, 1.54) is 10.9 Å².